The maximum atomic E-state index is 10.8. The smallest absolute Gasteiger partial charge is 0.232 e. The zero-order chi connectivity index (χ0) is 9.56. The fourth-order valence-corrected chi connectivity index (χ4v) is 0.609. The number of aliphatic hydroxyl groups is 1. The van der Waals surface area contributed by atoms with Gasteiger partial charge >= 0.3 is 0 Å². The quantitative estimate of drug-likeness (QED) is 0.588. The second-order valence-corrected chi connectivity index (χ2v) is 3.00. The van der Waals surface area contributed by atoms with Crippen molar-refractivity contribution in [1.82, 2.24) is 5.32 Å². The predicted molar refractivity (Wildman–Crippen MR) is 47.3 cm³/mol. The standard InChI is InChI=1S/C9H15NO2/c1-4-5-9(12)10-6-8(11)7(2)3/h1,7-8,11H,5-6H2,2-3H3,(H,10,12). The third-order valence-corrected chi connectivity index (χ3v) is 1.54. The highest BCUT2D eigenvalue weighted by molar-refractivity contribution is 5.78. The molecule has 0 bridgehead atoms. The van der Waals surface area contributed by atoms with Crippen molar-refractivity contribution in [3.8, 4) is 12.3 Å². The first-order valence-corrected chi connectivity index (χ1v) is 3.96. The summed E-state index contributed by atoms with van der Waals surface area (Å²) < 4.78 is 0. The molecule has 12 heavy (non-hydrogen) atoms. The Balaban J connectivity index is 3.55. The van der Waals surface area contributed by atoms with Crippen molar-refractivity contribution >= 4 is 5.91 Å². The van der Waals surface area contributed by atoms with Crippen molar-refractivity contribution in [2.24, 2.45) is 5.92 Å². The molecule has 0 aromatic carbocycles. The van der Waals surface area contributed by atoms with Crippen molar-refractivity contribution in [3.05, 3.63) is 0 Å². The lowest BCUT2D eigenvalue weighted by molar-refractivity contribution is -0.120. The average molecular weight is 169 g/mol. The van der Waals surface area contributed by atoms with Gasteiger partial charge in [0.1, 0.15) is 0 Å². The van der Waals surface area contributed by atoms with Crippen LogP contribution in [0, 0.1) is 18.3 Å². The van der Waals surface area contributed by atoms with Gasteiger partial charge < -0.3 is 10.4 Å². The van der Waals surface area contributed by atoms with E-state index in [1.165, 1.54) is 0 Å². The molecule has 0 aromatic rings. The van der Waals surface area contributed by atoms with Gasteiger partial charge in [0.25, 0.3) is 0 Å². The van der Waals surface area contributed by atoms with Crippen LogP contribution in [-0.2, 0) is 4.79 Å². The van der Waals surface area contributed by atoms with Crippen molar-refractivity contribution in [2.75, 3.05) is 6.54 Å². The molecule has 0 aliphatic carbocycles. The topological polar surface area (TPSA) is 49.3 Å². The summed E-state index contributed by atoms with van der Waals surface area (Å²) >= 11 is 0. The van der Waals surface area contributed by atoms with Gasteiger partial charge in [-0.15, -0.1) is 6.42 Å². The Bertz CT molecular complexity index is 181. The molecule has 0 aliphatic heterocycles. The van der Waals surface area contributed by atoms with E-state index in [0.717, 1.165) is 0 Å². The molecule has 3 heteroatoms. The number of carbonyl (C=O) groups excluding carboxylic acids is 1. The first kappa shape index (κ1) is 11.0. The number of hydrogen-bond acceptors (Lipinski definition) is 2. The summed E-state index contributed by atoms with van der Waals surface area (Å²) in [6.07, 6.45) is 4.50. The van der Waals surface area contributed by atoms with Crippen molar-refractivity contribution in [3.63, 3.8) is 0 Å². The Hall–Kier alpha value is -1.01. The molecule has 0 saturated heterocycles. The SMILES string of the molecule is C#CCC(=O)NCC(O)C(C)C. The van der Waals surface area contributed by atoms with Crippen LogP contribution in [0.2, 0.25) is 0 Å². The number of nitrogens with one attached hydrogen (secondary N) is 1. The van der Waals surface area contributed by atoms with Crippen LogP contribution < -0.4 is 5.32 Å². The van der Waals surface area contributed by atoms with Gasteiger partial charge in [-0.3, -0.25) is 4.79 Å². The van der Waals surface area contributed by atoms with Crippen LogP contribution in [0.15, 0.2) is 0 Å². The molecule has 2 N–H and O–H groups in total. The number of amides is 1. The molecule has 0 heterocycles. The maximum Gasteiger partial charge on any atom is 0.232 e. The van der Waals surface area contributed by atoms with Crippen molar-refractivity contribution in [2.45, 2.75) is 26.4 Å². The largest absolute Gasteiger partial charge is 0.391 e. The zero-order valence-electron chi connectivity index (χ0n) is 7.50. The summed E-state index contributed by atoms with van der Waals surface area (Å²) in [5.41, 5.74) is 0. The first-order valence-electron chi connectivity index (χ1n) is 3.96. The highest BCUT2D eigenvalue weighted by Crippen LogP contribution is 1.98. The number of aliphatic hydroxyl groups excluding tert-OH is 1. The summed E-state index contributed by atoms with van der Waals surface area (Å²) in [6.45, 7) is 4.05. The Labute approximate surface area is 73.2 Å². The molecular weight excluding hydrogens is 154 g/mol. The van der Waals surface area contributed by atoms with Gasteiger partial charge in [-0.05, 0) is 5.92 Å². The van der Waals surface area contributed by atoms with E-state index in [1.807, 2.05) is 13.8 Å². The Morgan fingerprint density at radius 2 is 2.25 bits per heavy atom. The molecule has 0 aliphatic rings. The molecule has 0 fully saturated rings. The lowest BCUT2D eigenvalue weighted by Crippen LogP contribution is -2.34. The molecule has 3 nitrogen and oxygen atoms in total. The summed E-state index contributed by atoms with van der Waals surface area (Å²) in [6, 6.07) is 0. The van der Waals surface area contributed by atoms with E-state index in [1.54, 1.807) is 0 Å². The second-order valence-electron chi connectivity index (χ2n) is 3.00. The minimum absolute atomic E-state index is 0.0742. The Morgan fingerprint density at radius 1 is 1.67 bits per heavy atom. The fraction of sp³-hybridized carbons (Fsp3) is 0.667. The first-order chi connectivity index (χ1) is 5.57. The van der Waals surface area contributed by atoms with Gasteiger partial charge in [0.2, 0.25) is 5.91 Å². The number of rotatable bonds is 4. The van der Waals surface area contributed by atoms with E-state index in [0.29, 0.717) is 0 Å². The van der Waals surface area contributed by atoms with Crippen LogP contribution in [0.4, 0.5) is 0 Å². The lowest BCUT2D eigenvalue weighted by atomic mass is 10.1. The van der Waals surface area contributed by atoms with E-state index in [-0.39, 0.29) is 24.8 Å². The lowest BCUT2D eigenvalue weighted by Gasteiger charge is -2.14. The molecule has 1 unspecified atom stereocenters. The van der Waals surface area contributed by atoms with Crippen molar-refractivity contribution < 1.29 is 9.90 Å². The molecule has 0 saturated carbocycles. The third-order valence-electron chi connectivity index (χ3n) is 1.54. The van der Waals surface area contributed by atoms with E-state index < -0.39 is 6.10 Å². The van der Waals surface area contributed by atoms with Gasteiger partial charge in [-0.1, -0.05) is 19.8 Å². The third kappa shape index (κ3) is 4.75. The van der Waals surface area contributed by atoms with E-state index >= 15 is 0 Å². The summed E-state index contributed by atoms with van der Waals surface area (Å²) in [5, 5.41) is 11.8. The maximum absolute atomic E-state index is 10.8. The van der Waals surface area contributed by atoms with Crippen LogP contribution >= 0.6 is 0 Å². The Morgan fingerprint density at radius 3 is 2.67 bits per heavy atom. The van der Waals surface area contributed by atoms with Crippen LogP contribution in [0.1, 0.15) is 20.3 Å². The number of carbonyl (C=O) groups is 1. The van der Waals surface area contributed by atoms with Crippen LogP contribution in [-0.4, -0.2) is 23.7 Å². The average Bonchev–Trinajstić information content (AvgIpc) is 2.00. The molecule has 1 amide bonds. The molecule has 68 valence electrons. The van der Waals surface area contributed by atoms with Crippen LogP contribution in [0.25, 0.3) is 0 Å². The van der Waals surface area contributed by atoms with Gasteiger partial charge in [-0.25, -0.2) is 0 Å². The zero-order valence-corrected chi connectivity index (χ0v) is 7.50. The monoisotopic (exact) mass is 169 g/mol. The van der Waals surface area contributed by atoms with Crippen molar-refractivity contribution in [1.29, 1.82) is 0 Å². The van der Waals surface area contributed by atoms with Gasteiger partial charge in [-0.2, -0.15) is 0 Å². The van der Waals surface area contributed by atoms with Gasteiger partial charge in [0.15, 0.2) is 0 Å². The predicted octanol–water partition coefficient (Wildman–Crippen LogP) is 0.143. The number of hydrogen-bond donors (Lipinski definition) is 2. The molecular formula is C9H15NO2. The van der Waals surface area contributed by atoms with Gasteiger partial charge in [0.05, 0.1) is 12.5 Å². The minimum Gasteiger partial charge on any atom is -0.391 e. The van der Waals surface area contributed by atoms with Gasteiger partial charge in [0, 0.05) is 6.54 Å². The highest BCUT2D eigenvalue weighted by atomic mass is 16.3. The van der Waals surface area contributed by atoms with E-state index in [4.69, 9.17) is 6.42 Å². The van der Waals surface area contributed by atoms with Crippen LogP contribution in [0.3, 0.4) is 0 Å². The summed E-state index contributed by atoms with van der Waals surface area (Å²) in [4.78, 5) is 10.8. The molecule has 0 spiro atoms. The summed E-state index contributed by atoms with van der Waals surface area (Å²) in [5.74, 6) is 2.17. The number of terminal acetylenes is 1. The van der Waals surface area contributed by atoms with Crippen LogP contribution in [0.5, 0.6) is 0 Å². The fourth-order valence-electron chi connectivity index (χ4n) is 0.609. The molecule has 0 rings (SSSR count). The second kappa shape index (κ2) is 5.62. The normalized spacial score (nSPS) is 12.2. The highest BCUT2D eigenvalue weighted by Gasteiger charge is 2.09. The molecule has 0 radical (unpaired) electrons. The molecule has 0 aromatic heterocycles. The van der Waals surface area contributed by atoms with E-state index in [9.17, 15) is 9.90 Å². The Kier molecular flexibility index (Phi) is 5.14. The molecule has 1 atom stereocenters. The summed E-state index contributed by atoms with van der Waals surface area (Å²) in [7, 11) is 0. The minimum atomic E-state index is -0.494. The van der Waals surface area contributed by atoms with E-state index in [2.05, 4.69) is 11.2 Å².